The van der Waals surface area contributed by atoms with Crippen molar-refractivity contribution >= 4 is 46.8 Å². The minimum atomic E-state index is -5.04. The SMILES string of the molecule is CC(C)(C)[C@H](NC(=S)Nc1cc(C(F)(F)F)cc(C(F)(F)F)c1)C(=O)N[C@@H](Cc1ccccc1)C[P+](Cc1ccccc1)(c1ccccc1)c1ccccc1.[Br-]. The number of carbonyl (C=O) groups is 1. The van der Waals surface area contributed by atoms with E-state index in [9.17, 15) is 31.1 Å². The van der Waals surface area contributed by atoms with E-state index in [0.29, 0.717) is 24.7 Å². The molecule has 0 aliphatic heterocycles. The monoisotopic (exact) mass is 873 g/mol. The summed E-state index contributed by atoms with van der Waals surface area (Å²) in [5.74, 6) is -0.420. The number of carbonyl (C=O) groups excluding carboxylic acids is 1. The Kier molecular flexibility index (Phi) is 14.9. The summed E-state index contributed by atoms with van der Waals surface area (Å²) in [5, 5.41) is 10.7. The molecule has 13 heteroatoms. The van der Waals surface area contributed by atoms with Gasteiger partial charge in [-0.3, -0.25) is 4.79 Å². The molecule has 0 unspecified atom stereocenters. The van der Waals surface area contributed by atoms with Gasteiger partial charge in [-0.25, -0.2) is 0 Å². The Morgan fingerprint density at radius 2 is 1.07 bits per heavy atom. The standard InChI is InChI=1S/C43H42F6N3OPS.BrH/c1-41(2,3)38(52-40(55)51-34-26-32(42(44,45)46)25-33(27-34)43(47,48)49)39(53)50-35(24-30-16-8-4-9-17-30)29-54(36-20-12-6-13-21-36,37-22-14-7-15-23-37)28-31-18-10-5-11-19-31;/h4-23,25-27,35,38H,24,28-29H2,1-3H3,(H2-,50,51,52,53,55);1H/t35-,38+;/m0./s1. The van der Waals surface area contributed by atoms with Crippen molar-refractivity contribution in [3.8, 4) is 0 Å². The number of halogens is 7. The number of hydrogen-bond acceptors (Lipinski definition) is 2. The van der Waals surface area contributed by atoms with Crippen molar-refractivity contribution in [3.63, 3.8) is 0 Å². The zero-order valence-electron chi connectivity index (χ0n) is 31.0. The smallest absolute Gasteiger partial charge is 0.416 e. The molecule has 5 aromatic carbocycles. The average Bonchev–Trinajstić information content (AvgIpc) is 3.13. The second-order valence-electron chi connectivity index (χ2n) is 14.6. The Labute approximate surface area is 340 Å². The van der Waals surface area contributed by atoms with Gasteiger partial charge in [0.05, 0.1) is 47.4 Å². The van der Waals surface area contributed by atoms with Gasteiger partial charge in [0.25, 0.3) is 0 Å². The van der Waals surface area contributed by atoms with Crippen molar-refractivity contribution in [1.29, 1.82) is 0 Å². The van der Waals surface area contributed by atoms with E-state index in [2.05, 4.69) is 52.3 Å². The molecule has 0 fully saturated rings. The predicted molar refractivity (Wildman–Crippen MR) is 215 cm³/mol. The molecule has 0 aromatic heterocycles. The van der Waals surface area contributed by atoms with Gasteiger partial charge in [-0.1, -0.05) is 118 Å². The fraction of sp³-hybridized carbons (Fsp3) is 0.256. The molecule has 0 aliphatic rings. The van der Waals surface area contributed by atoms with E-state index in [1.165, 1.54) is 10.6 Å². The van der Waals surface area contributed by atoms with Gasteiger partial charge in [0.1, 0.15) is 6.04 Å². The van der Waals surface area contributed by atoms with Crippen LogP contribution in [0.2, 0.25) is 0 Å². The summed E-state index contributed by atoms with van der Waals surface area (Å²) in [7, 11) is -2.31. The summed E-state index contributed by atoms with van der Waals surface area (Å²) in [5.41, 5.74) is -2.12. The fourth-order valence-corrected chi connectivity index (χ4v) is 11.4. The largest absolute Gasteiger partial charge is 1.00 e. The van der Waals surface area contributed by atoms with E-state index in [1.54, 1.807) is 20.8 Å². The lowest BCUT2D eigenvalue weighted by molar-refractivity contribution is -0.143. The molecule has 296 valence electrons. The van der Waals surface area contributed by atoms with Crippen LogP contribution in [0.15, 0.2) is 140 Å². The number of rotatable bonds is 12. The molecule has 0 radical (unpaired) electrons. The third-order valence-electron chi connectivity index (χ3n) is 9.25. The van der Waals surface area contributed by atoms with Gasteiger partial charge in [0, 0.05) is 5.69 Å². The Morgan fingerprint density at radius 3 is 1.50 bits per heavy atom. The van der Waals surface area contributed by atoms with Crippen LogP contribution in [0.4, 0.5) is 32.0 Å². The Bertz CT molecular complexity index is 1960. The number of anilines is 1. The first-order valence-corrected chi connectivity index (χ1v) is 20.2. The van der Waals surface area contributed by atoms with Gasteiger partial charge in [-0.2, -0.15) is 26.3 Å². The maximum atomic E-state index is 14.5. The van der Waals surface area contributed by atoms with Crippen LogP contribution in [0.1, 0.15) is 43.0 Å². The fourth-order valence-electron chi connectivity index (χ4n) is 6.65. The van der Waals surface area contributed by atoms with Crippen molar-refractivity contribution in [1.82, 2.24) is 10.6 Å². The van der Waals surface area contributed by atoms with E-state index < -0.39 is 59.8 Å². The Balaban J connectivity index is 0.00000696. The van der Waals surface area contributed by atoms with Crippen LogP contribution < -0.4 is 43.5 Å². The maximum Gasteiger partial charge on any atom is 0.416 e. The van der Waals surface area contributed by atoms with Crippen LogP contribution >= 0.6 is 19.5 Å². The quantitative estimate of drug-likeness (QED) is 0.0718. The predicted octanol–water partition coefficient (Wildman–Crippen LogP) is 7.03. The average molecular weight is 875 g/mol. The molecule has 5 rings (SSSR count). The first-order chi connectivity index (χ1) is 25.9. The molecule has 2 atom stereocenters. The highest BCUT2D eigenvalue weighted by atomic mass is 79.9. The third-order valence-corrected chi connectivity index (χ3v) is 14.0. The number of thiocarbonyl (C=S) groups is 1. The highest BCUT2D eigenvalue weighted by Gasteiger charge is 2.46. The summed E-state index contributed by atoms with van der Waals surface area (Å²) in [6, 6.07) is 40.4. The van der Waals surface area contributed by atoms with Gasteiger partial charge < -0.3 is 32.9 Å². The molecule has 5 aromatic rings. The van der Waals surface area contributed by atoms with E-state index in [1.807, 2.05) is 84.9 Å². The number of hydrogen-bond donors (Lipinski definition) is 3. The molecule has 1 amide bonds. The van der Waals surface area contributed by atoms with Crippen LogP contribution in [0.3, 0.4) is 0 Å². The molecule has 3 N–H and O–H groups in total. The summed E-state index contributed by atoms with van der Waals surface area (Å²) in [4.78, 5) is 14.5. The lowest BCUT2D eigenvalue weighted by Gasteiger charge is -2.35. The van der Waals surface area contributed by atoms with Crippen molar-refractivity contribution in [2.24, 2.45) is 5.41 Å². The minimum Gasteiger partial charge on any atom is -1.00 e. The zero-order valence-corrected chi connectivity index (χ0v) is 34.3. The summed E-state index contributed by atoms with van der Waals surface area (Å²) in [6.45, 7) is 5.39. The molecule has 0 saturated heterocycles. The summed E-state index contributed by atoms with van der Waals surface area (Å²) >= 11 is 5.42. The van der Waals surface area contributed by atoms with E-state index in [-0.39, 0.29) is 28.2 Å². The highest BCUT2D eigenvalue weighted by molar-refractivity contribution is 7.88. The first-order valence-electron chi connectivity index (χ1n) is 17.7. The second-order valence-corrected chi connectivity index (χ2v) is 18.6. The lowest BCUT2D eigenvalue weighted by atomic mass is 9.86. The highest BCUT2D eigenvalue weighted by Crippen LogP contribution is 2.60. The van der Waals surface area contributed by atoms with Crippen molar-refractivity contribution < 1.29 is 48.1 Å². The van der Waals surface area contributed by atoms with Gasteiger partial charge >= 0.3 is 12.4 Å². The molecule has 56 heavy (non-hydrogen) atoms. The van der Waals surface area contributed by atoms with Gasteiger partial charge in [0.15, 0.2) is 5.11 Å². The molecular weight excluding hydrogens is 831 g/mol. The van der Waals surface area contributed by atoms with Gasteiger partial charge in [-0.05, 0) is 77.6 Å². The summed E-state index contributed by atoms with van der Waals surface area (Å²) in [6.07, 6.45) is -8.26. The number of nitrogens with one attached hydrogen (secondary N) is 3. The molecule has 4 nitrogen and oxygen atoms in total. The molecule has 0 saturated carbocycles. The van der Waals surface area contributed by atoms with Gasteiger partial charge in [0.2, 0.25) is 5.91 Å². The second kappa shape index (κ2) is 18.8. The lowest BCUT2D eigenvalue weighted by Crippen LogP contribution is -3.00. The van der Waals surface area contributed by atoms with Crippen molar-refractivity contribution in [3.05, 3.63) is 162 Å². The molecular formula is C43H43BrF6N3OPS. The molecule has 0 bridgehead atoms. The number of amides is 1. The first kappa shape index (κ1) is 44.5. The van der Waals surface area contributed by atoms with Gasteiger partial charge in [-0.15, -0.1) is 0 Å². The summed E-state index contributed by atoms with van der Waals surface area (Å²) < 4.78 is 81.5. The zero-order chi connectivity index (χ0) is 39.9. The molecule has 0 aliphatic carbocycles. The Morgan fingerprint density at radius 1 is 0.643 bits per heavy atom. The van der Waals surface area contributed by atoms with Crippen molar-refractivity contribution in [2.75, 3.05) is 11.5 Å². The Hall–Kier alpha value is -4.25. The number of benzene rings is 5. The van der Waals surface area contributed by atoms with E-state index in [4.69, 9.17) is 12.2 Å². The van der Waals surface area contributed by atoms with Crippen LogP contribution in [-0.4, -0.2) is 29.3 Å². The van der Waals surface area contributed by atoms with Crippen LogP contribution in [0.25, 0.3) is 0 Å². The minimum absolute atomic E-state index is 0. The third kappa shape index (κ3) is 11.9. The van der Waals surface area contributed by atoms with E-state index >= 15 is 0 Å². The maximum absolute atomic E-state index is 14.5. The van der Waals surface area contributed by atoms with Crippen molar-refractivity contribution in [2.45, 2.75) is 57.8 Å². The van der Waals surface area contributed by atoms with Crippen LogP contribution in [0.5, 0.6) is 0 Å². The van der Waals surface area contributed by atoms with Crippen LogP contribution in [0, 0.1) is 5.41 Å². The molecule has 0 spiro atoms. The number of alkyl halides is 6. The van der Waals surface area contributed by atoms with Crippen LogP contribution in [-0.2, 0) is 29.7 Å². The topological polar surface area (TPSA) is 53.2 Å². The normalized spacial score (nSPS) is 13.2. The molecule has 0 heterocycles. The van der Waals surface area contributed by atoms with E-state index in [0.717, 1.165) is 17.3 Å².